The molecular formula is C20H18Cl2N6O3. The molecule has 4 heterocycles. The van der Waals surface area contributed by atoms with Crippen molar-refractivity contribution in [3.05, 3.63) is 52.0 Å². The molecule has 1 N–H and O–H groups in total. The summed E-state index contributed by atoms with van der Waals surface area (Å²) in [5.74, 6) is 0.757. The first kappa shape index (κ1) is 20.0. The molecule has 1 aliphatic heterocycles. The zero-order valence-electron chi connectivity index (χ0n) is 16.6. The molecule has 3 aromatic heterocycles. The number of aryl methyl sites for hydroxylation is 1. The minimum absolute atomic E-state index is 0.0741. The van der Waals surface area contributed by atoms with Crippen LogP contribution < -0.4 is 0 Å². The zero-order valence-corrected chi connectivity index (χ0v) is 18.1. The Bertz CT molecular complexity index is 1260. The van der Waals surface area contributed by atoms with Crippen LogP contribution in [-0.4, -0.2) is 48.9 Å². The van der Waals surface area contributed by atoms with Gasteiger partial charge in [-0.2, -0.15) is 10.1 Å². The molecule has 0 unspecified atom stereocenters. The number of nitrogens with one attached hydrogen (secondary N) is 1. The summed E-state index contributed by atoms with van der Waals surface area (Å²) in [5.41, 5.74) is 3.76. The molecule has 160 valence electrons. The Morgan fingerprint density at radius 1 is 1.32 bits per heavy atom. The number of aromatic amines is 1. The van der Waals surface area contributed by atoms with E-state index >= 15 is 0 Å². The lowest BCUT2D eigenvalue weighted by molar-refractivity contribution is -0.138. The summed E-state index contributed by atoms with van der Waals surface area (Å²) in [6, 6.07) is 3.75. The number of nitrogens with zero attached hydrogens (tertiary/aromatic N) is 5. The van der Waals surface area contributed by atoms with Gasteiger partial charge in [0, 0.05) is 41.5 Å². The molecule has 1 amide bonds. The zero-order chi connectivity index (χ0) is 21.5. The lowest BCUT2D eigenvalue weighted by Gasteiger charge is -2.29. The maximum absolute atomic E-state index is 12.8. The van der Waals surface area contributed by atoms with Crippen LogP contribution >= 0.6 is 23.2 Å². The Labute approximate surface area is 186 Å². The maximum atomic E-state index is 12.8. The van der Waals surface area contributed by atoms with Crippen LogP contribution in [0.1, 0.15) is 17.4 Å². The van der Waals surface area contributed by atoms with Gasteiger partial charge in [0.1, 0.15) is 13.2 Å². The van der Waals surface area contributed by atoms with Gasteiger partial charge in [0.05, 0.1) is 28.3 Å². The van der Waals surface area contributed by atoms with Gasteiger partial charge in [-0.15, -0.1) is 0 Å². The van der Waals surface area contributed by atoms with Crippen molar-refractivity contribution in [2.75, 3.05) is 13.2 Å². The van der Waals surface area contributed by atoms with Crippen molar-refractivity contribution >= 4 is 40.0 Å². The van der Waals surface area contributed by atoms with Crippen molar-refractivity contribution in [1.82, 2.24) is 29.8 Å². The predicted molar refractivity (Wildman–Crippen MR) is 114 cm³/mol. The number of H-pyrrole nitrogens is 1. The van der Waals surface area contributed by atoms with E-state index in [1.807, 2.05) is 12.3 Å². The number of carbonyl (C=O) groups excluding carboxylic acids is 1. The van der Waals surface area contributed by atoms with E-state index in [1.165, 1.54) is 0 Å². The minimum Gasteiger partial charge on any atom is -0.362 e. The quantitative estimate of drug-likeness (QED) is 0.488. The standard InChI is InChI=1S/C20H18Cl2N6O3/c1-11-25-16(31-26-11)9-30-10-17(29)27-4-5-28-15(8-27)18(12-6-23-24-7-12)13-2-3-14(21)19(22)20(13)28/h2-3,6-7H,4-5,8-10H2,1H3,(H,23,24). The summed E-state index contributed by atoms with van der Waals surface area (Å²) in [5, 5.41) is 12.6. The Morgan fingerprint density at radius 2 is 2.19 bits per heavy atom. The first-order chi connectivity index (χ1) is 15.0. The van der Waals surface area contributed by atoms with Crippen molar-refractivity contribution in [3.8, 4) is 11.1 Å². The fourth-order valence-corrected chi connectivity index (χ4v) is 4.38. The van der Waals surface area contributed by atoms with Gasteiger partial charge in [-0.25, -0.2) is 0 Å². The molecule has 0 atom stereocenters. The number of hydrogen-bond donors (Lipinski definition) is 1. The number of carbonyl (C=O) groups is 1. The van der Waals surface area contributed by atoms with Crippen LogP contribution in [0.25, 0.3) is 22.0 Å². The molecule has 9 nitrogen and oxygen atoms in total. The number of fused-ring (bicyclic) bond motifs is 3. The number of halogens is 2. The lowest BCUT2D eigenvalue weighted by atomic mass is 10.0. The molecule has 4 aromatic rings. The van der Waals surface area contributed by atoms with Gasteiger partial charge < -0.3 is 18.7 Å². The molecule has 0 aliphatic carbocycles. The number of hydrogen-bond acceptors (Lipinski definition) is 6. The van der Waals surface area contributed by atoms with Crippen LogP contribution in [0, 0.1) is 6.92 Å². The third-order valence-electron chi connectivity index (χ3n) is 5.32. The Hall–Kier alpha value is -2.88. The van der Waals surface area contributed by atoms with Gasteiger partial charge >= 0.3 is 0 Å². The smallest absolute Gasteiger partial charge is 0.252 e. The van der Waals surface area contributed by atoms with Gasteiger partial charge in [-0.05, 0) is 13.0 Å². The largest absolute Gasteiger partial charge is 0.362 e. The van der Waals surface area contributed by atoms with Crippen molar-refractivity contribution in [3.63, 3.8) is 0 Å². The molecule has 31 heavy (non-hydrogen) atoms. The molecule has 0 fully saturated rings. The summed E-state index contributed by atoms with van der Waals surface area (Å²) < 4.78 is 12.6. The molecule has 0 radical (unpaired) electrons. The van der Waals surface area contributed by atoms with Crippen LogP contribution in [0.2, 0.25) is 10.0 Å². The fourth-order valence-electron chi connectivity index (χ4n) is 3.96. The minimum atomic E-state index is -0.116. The molecule has 0 saturated carbocycles. The van der Waals surface area contributed by atoms with Gasteiger partial charge in [0.25, 0.3) is 5.89 Å². The number of ether oxygens (including phenoxy) is 1. The monoisotopic (exact) mass is 460 g/mol. The first-order valence-electron chi connectivity index (χ1n) is 9.66. The summed E-state index contributed by atoms with van der Waals surface area (Å²) >= 11 is 12.9. The molecule has 0 spiro atoms. The van der Waals surface area contributed by atoms with E-state index in [9.17, 15) is 4.79 Å². The fraction of sp³-hybridized carbons (Fsp3) is 0.300. The average Bonchev–Trinajstić information content (AvgIpc) is 3.49. The second-order valence-corrected chi connectivity index (χ2v) is 8.05. The second-order valence-electron chi connectivity index (χ2n) is 7.26. The summed E-state index contributed by atoms with van der Waals surface area (Å²) in [7, 11) is 0. The highest BCUT2D eigenvalue weighted by Gasteiger charge is 2.28. The number of rotatable bonds is 5. The van der Waals surface area contributed by atoms with Crippen molar-refractivity contribution in [2.45, 2.75) is 26.6 Å². The number of aromatic nitrogens is 5. The molecule has 0 bridgehead atoms. The van der Waals surface area contributed by atoms with Crippen molar-refractivity contribution < 1.29 is 14.1 Å². The van der Waals surface area contributed by atoms with Gasteiger partial charge in [0.2, 0.25) is 5.91 Å². The van der Waals surface area contributed by atoms with E-state index in [0.717, 1.165) is 27.7 Å². The summed E-state index contributed by atoms with van der Waals surface area (Å²) in [6.07, 6.45) is 3.59. The summed E-state index contributed by atoms with van der Waals surface area (Å²) in [6.45, 7) is 3.29. The highest BCUT2D eigenvalue weighted by Crippen LogP contribution is 2.42. The third-order valence-corrected chi connectivity index (χ3v) is 6.11. The number of benzene rings is 1. The normalized spacial score (nSPS) is 13.7. The number of amides is 1. The molecular weight excluding hydrogens is 443 g/mol. The Kier molecular flexibility index (Phi) is 5.17. The summed E-state index contributed by atoms with van der Waals surface area (Å²) in [4.78, 5) is 18.6. The lowest BCUT2D eigenvalue weighted by Crippen LogP contribution is -2.40. The highest BCUT2D eigenvalue weighted by molar-refractivity contribution is 6.45. The SMILES string of the molecule is Cc1noc(COCC(=O)N2CCn3c(c(-c4cn[nH]c4)c4ccc(Cl)c(Cl)c43)C2)n1. The average molecular weight is 461 g/mol. The first-order valence-corrected chi connectivity index (χ1v) is 10.4. The van der Waals surface area contributed by atoms with Crippen molar-refractivity contribution in [1.29, 1.82) is 0 Å². The van der Waals surface area contributed by atoms with E-state index in [-0.39, 0.29) is 19.1 Å². The third kappa shape index (κ3) is 3.58. The van der Waals surface area contributed by atoms with Gasteiger partial charge in [-0.1, -0.05) is 34.4 Å². The molecule has 5 rings (SSSR count). The maximum Gasteiger partial charge on any atom is 0.252 e. The molecule has 0 saturated heterocycles. The van der Waals surface area contributed by atoms with Crippen LogP contribution in [0.5, 0.6) is 0 Å². The van der Waals surface area contributed by atoms with Crippen LogP contribution in [-0.2, 0) is 29.2 Å². The van der Waals surface area contributed by atoms with Crippen LogP contribution in [0.4, 0.5) is 0 Å². The molecule has 1 aromatic carbocycles. The van der Waals surface area contributed by atoms with E-state index < -0.39 is 0 Å². The van der Waals surface area contributed by atoms with E-state index in [1.54, 1.807) is 24.1 Å². The molecule has 1 aliphatic rings. The predicted octanol–water partition coefficient (Wildman–Crippen LogP) is 3.59. The van der Waals surface area contributed by atoms with Crippen LogP contribution in [0.3, 0.4) is 0 Å². The van der Waals surface area contributed by atoms with Crippen LogP contribution in [0.15, 0.2) is 29.0 Å². The Balaban J connectivity index is 1.42. The Morgan fingerprint density at radius 3 is 2.94 bits per heavy atom. The van der Waals surface area contributed by atoms with E-state index in [0.29, 0.717) is 41.4 Å². The van der Waals surface area contributed by atoms with Crippen molar-refractivity contribution in [2.24, 2.45) is 0 Å². The molecule has 11 heteroatoms. The topological polar surface area (TPSA) is 102 Å². The van der Waals surface area contributed by atoms with E-state index in [4.69, 9.17) is 32.5 Å². The van der Waals surface area contributed by atoms with Gasteiger partial charge in [-0.3, -0.25) is 9.89 Å². The highest BCUT2D eigenvalue weighted by atomic mass is 35.5. The van der Waals surface area contributed by atoms with Gasteiger partial charge in [0.15, 0.2) is 5.82 Å². The second kappa shape index (κ2) is 7.99. The van der Waals surface area contributed by atoms with E-state index in [2.05, 4.69) is 24.9 Å².